The summed E-state index contributed by atoms with van der Waals surface area (Å²) in [6.45, 7) is 2.98. The molecule has 1 aliphatic heterocycles. The summed E-state index contributed by atoms with van der Waals surface area (Å²) in [6, 6.07) is 18.8. The van der Waals surface area contributed by atoms with Gasteiger partial charge in [0.2, 0.25) is 5.91 Å². The highest BCUT2D eigenvalue weighted by Gasteiger charge is 2.31. The monoisotopic (exact) mass is 468 g/mol. The third-order valence-electron chi connectivity index (χ3n) is 5.90. The average molecular weight is 469 g/mol. The molecule has 178 valence electrons. The quantitative estimate of drug-likeness (QED) is 0.340. The Bertz CT molecular complexity index is 1170. The maximum Gasteiger partial charge on any atom is 0.573 e. The SMILES string of the molecule is O=C(C=Cc1ccc2ccccc2c1)NCCCCN1CCc2cc(OC(F)(F)F)ccc2C1. The standard InChI is InChI=1S/C27H27F3N2O2/c28-27(29,30)34-25-11-10-24-19-32(16-13-23(24)18-25)15-4-3-14-31-26(33)12-8-20-7-9-21-5-1-2-6-22(21)17-20/h1-2,5-12,17-18H,3-4,13-16,19H2,(H,31,33). The number of hydrogen-bond acceptors (Lipinski definition) is 3. The zero-order chi connectivity index (χ0) is 24.0. The number of benzene rings is 3. The third-order valence-corrected chi connectivity index (χ3v) is 5.90. The number of ether oxygens (including phenoxy) is 1. The van der Waals surface area contributed by atoms with Crippen molar-refractivity contribution in [1.29, 1.82) is 0 Å². The van der Waals surface area contributed by atoms with Gasteiger partial charge in [0, 0.05) is 25.7 Å². The molecule has 3 aromatic carbocycles. The molecule has 7 heteroatoms. The predicted molar refractivity (Wildman–Crippen MR) is 127 cm³/mol. The maximum absolute atomic E-state index is 12.4. The van der Waals surface area contributed by atoms with Gasteiger partial charge in [0.05, 0.1) is 0 Å². The molecule has 0 aromatic heterocycles. The summed E-state index contributed by atoms with van der Waals surface area (Å²) in [5, 5.41) is 5.23. The van der Waals surface area contributed by atoms with Crippen LogP contribution in [0.4, 0.5) is 13.2 Å². The molecule has 0 unspecified atom stereocenters. The van der Waals surface area contributed by atoms with Crippen LogP contribution >= 0.6 is 0 Å². The Labute approximate surface area is 197 Å². The fraction of sp³-hybridized carbons (Fsp3) is 0.296. The Kier molecular flexibility index (Phi) is 7.53. The molecule has 4 nitrogen and oxygen atoms in total. The number of carbonyl (C=O) groups is 1. The fourth-order valence-electron chi connectivity index (χ4n) is 4.19. The van der Waals surface area contributed by atoms with E-state index in [0.29, 0.717) is 19.5 Å². The van der Waals surface area contributed by atoms with Crippen molar-refractivity contribution in [3.8, 4) is 5.75 Å². The summed E-state index contributed by atoms with van der Waals surface area (Å²) in [6.07, 6.45) is 1.19. The minimum Gasteiger partial charge on any atom is -0.406 e. The molecular formula is C27H27F3N2O2. The maximum atomic E-state index is 12.4. The first-order valence-electron chi connectivity index (χ1n) is 11.4. The second kappa shape index (κ2) is 10.7. The number of carbonyl (C=O) groups excluding carboxylic acids is 1. The number of fused-ring (bicyclic) bond motifs is 2. The highest BCUT2D eigenvalue weighted by molar-refractivity contribution is 5.92. The molecule has 0 radical (unpaired) electrons. The van der Waals surface area contributed by atoms with Gasteiger partial charge in [-0.15, -0.1) is 13.2 Å². The van der Waals surface area contributed by atoms with Gasteiger partial charge in [-0.1, -0.05) is 42.5 Å². The lowest BCUT2D eigenvalue weighted by atomic mass is 9.99. The van der Waals surface area contributed by atoms with Gasteiger partial charge in [-0.3, -0.25) is 9.69 Å². The Hall–Kier alpha value is -3.32. The van der Waals surface area contributed by atoms with Crippen molar-refractivity contribution >= 4 is 22.8 Å². The zero-order valence-corrected chi connectivity index (χ0v) is 18.8. The van der Waals surface area contributed by atoms with Crippen molar-refractivity contribution in [2.75, 3.05) is 19.6 Å². The highest BCUT2D eigenvalue weighted by Crippen LogP contribution is 2.28. The fourth-order valence-corrected chi connectivity index (χ4v) is 4.19. The largest absolute Gasteiger partial charge is 0.573 e. The van der Waals surface area contributed by atoms with E-state index in [1.165, 1.54) is 17.5 Å². The first-order valence-corrected chi connectivity index (χ1v) is 11.4. The first-order chi connectivity index (χ1) is 16.4. The second-order valence-electron chi connectivity index (χ2n) is 8.44. The van der Waals surface area contributed by atoms with Gasteiger partial charge in [-0.2, -0.15) is 0 Å². The number of alkyl halides is 3. The van der Waals surface area contributed by atoms with Crippen LogP contribution in [-0.2, 0) is 17.8 Å². The van der Waals surface area contributed by atoms with Crippen LogP contribution in [0.2, 0.25) is 0 Å². The third kappa shape index (κ3) is 6.84. The van der Waals surface area contributed by atoms with Gasteiger partial charge in [0.15, 0.2) is 0 Å². The number of halogens is 3. The number of hydrogen-bond donors (Lipinski definition) is 1. The molecular weight excluding hydrogens is 441 g/mol. The van der Waals surface area contributed by atoms with Crippen LogP contribution in [0.1, 0.15) is 29.5 Å². The van der Waals surface area contributed by atoms with Crippen molar-refractivity contribution in [3.05, 3.63) is 83.4 Å². The molecule has 1 amide bonds. The summed E-state index contributed by atoms with van der Waals surface area (Å²) in [7, 11) is 0. The Morgan fingerprint density at radius 2 is 1.82 bits per heavy atom. The van der Waals surface area contributed by atoms with Crippen LogP contribution in [-0.4, -0.2) is 36.8 Å². The van der Waals surface area contributed by atoms with Gasteiger partial charge in [0.25, 0.3) is 0 Å². The van der Waals surface area contributed by atoms with Gasteiger partial charge in [0.1, 0.15) is 5.75 Å². The van der Waals surface area contributed by atoms with Crippen LogP contribution in [0.25, 0.3) is 16.8 Å². The van der Waals surface area contributed by atoms with Crippen molar-refractivity contribution in [3.63, 3.8) is 0 Å². The molecule has 0 bridgehead atoms. The molecule has 1 heterocycles. The predicted octanol–water partition coefficient (Wildman–Crippen LogP) is 5.71. The van der Waals surface area contributed by atoms with Gasteiger partial charge < -0.3 is 10.1 Å². The van der Waals surface area contributed by atoms with E-state index in [0.717, 1.165) is 48.0 Å². The van der Waals surface area contributed by atoms with Crippen LogP contribution in [0.5, 0.6) is 5.75 Å². The van der Waals surface area contributed by atoms with E-state index in [1.54, 1.807) is 12.1 Å². The lowest BCUT2D eigenvalue weighted by Gasteiger charge is -2.29. The van der Waals surface area contributed by atoms with E-state index in [2.05, 4.69) is 27.1 Å². The number of amides is 1. The van der Waals surface area contributed by atoms with E-state index >= 15 is 0 Å². The summed E-state index contributed by atoms with van der Waals surface area (Å²) < 4.78 is 41.2. The van der Waals surface area contributed by atoms with Crippen LogP contribution < -0.4 is 10.1 Å². The molecule has 0 spiro atoms. The van der Waals surface area contributed by atoms with Crippen LogP contribution in [0.15, 0.2) is 66.7 Å². The van der Waals surface area contributed by atoms with Crippen molar-refractivity contribution in [2.24, 2.45) is 0 Å². The molecule has 3 aromatic rings. The summed E-state index contributed by atoms with van der Waals surface area (Å²) in [5.74, 6) is -0.276. The zero-order valence-electron chi connectivity index (χ0n) is 18.8. The van der Waals surface area contributed by atoms with E-state index in [4.69, 9.17) is 0 Å². The minimum atomic E-state index is -4.67. The Morgan fingerprint density at radius 1 is 1.00 bits per heavy atom. The number of unbranched alkanes of at least 4 members (excludes halogenated alkanes) is 1. The first kappa shape index (κ1) is 23.8. The molecule has 0 aliphatic carbocycles. The molecule has 1 aliphatic rings. The van der Waals surface area contributed by atoms with E-state index in [1.807, 2.05) is 36.4 Å². The van der Waals surface area contributed by atoms with Crippen molar-refractivity contribution < 1.29 is 22.7 Å². The number of nitrogens with zero attached hydrogens (tertiary/aromatic N) is 1. The lowest BCUT2D eigenvalue weighted by Crippen LogP contribution is -2.32. The van der Waals surface area contributed by atoms with E-state index in [9.17, 15) is 18.0 Å². The van der Waals surface area contributed by atoms with Gasteiger partial charge in [-0.25, -0.2) is 0 Å². The average Bonchev–Trinajstić information content (AvgIpc) is 2.81. The van der Waals surface area contributed by atoms with Crippen molar-refractivity contribution in [2.45, 2.75) is 32.2 Å². The van der Waals surface area contributed by atoms with Crippen LogP contribution in [0.3, 0.4) is 0 Å². The summed E-state index contributed by atoms with van der Waals surface area (Å²) in [5.41, 5.74) is 2.92. The molecule has 0 atom stereocenters. The van der Waals surface area contributed by atoms with Crippen molar-refractivity contribution in [1.82, 2.24) is 10.2 Å². The number of rotatable bonds is 8. The normalized spacial score (nSPS) is 14.3. The van der Waals surface area contributed by atoms with Gasteiger partial charge >= 0.3 is 6.36 Å². The van der Waals surface area contributed by atoms with Crippen LogP contribution in [0, 0.1) is 0 Å². The molecule has 0 saturated carbocycles. The van der Waals surface area contributed by atoms with E-state index in [-0.39, 0.29) is 11.7 Å². The van der Waals surface area contributed by atoms with Gasteiger partial charge in [-0.05, 0) is 77.5 Å². The summed E-state index contributed by atoms with van der Waals surface area (Å²) >= 11 is 0. The number of nitrogens with one attached hydrogen (secondary N) is 1. The van der Waals surface area contributed by atoms with E-state index < -0.39 is 6.36 Å². The molecule has 4 rings (SSSR count). The topological polar surface area (TPSA) is 41.6 Å². The molecule has 34 heavy (non-hydrogen) atoms. The minimum absolute atomic E-state index is 0.114. The molecule has 0 fully saturated rings. The Morgan fingerprint density at radius 3 is 2.65 bits per heavy atom. The molecule has 1 N–H and O–H groups in total. The lowest BCUT2D eigenvalue weighted by molar-refractivity contribution is -0.274. The second-order valence-corrected chi connectivity index (χ2v) is 8.44. The summed E-state index contributed by atoms with van der Waals surface area (Å²) in [4.78, 5) is 14.4. The molecule has 0 saturated heterocycles. The highest BCUT2D eigenvalue weighted by atomic mass is 19.4. The Balaban J connectivity index is 1.16. The smallest absolute Gasteiger partial charge is 0.406 e.